The first kappa shape index (κ1) is 13.7. The number of guanidine groups is 1. The van der Waals surface area contributed by atoms with Crippen molar-refractivity contribution >= 4 is 11.9 Å². The number of aliphatic imine (C=N–C) groups is 1. The molecule has 0 saturated heterocycles. The van der Waals surface area contributed by atoms with Crippen LogP contribution in [0.5, 0.6) is 0 Å². The number of hydrogen-bond donors (Lipinski definition) is 3. The highest BCUT2D eigenvalue weighted by molar-refractivity contribution is 5.81. The zero-order chi connectivity index (χ0) is 11.7. The Morgan fingerprint density at radius 2 is 1.87 bits per heavy atom. The number of carboxylic acid groups (broad SMARTS) is 1. The molecule has 1 atom stereocenters. The maximum Gasteiger partial charge on any atom is 0.328 e. The van der Waals surface area contributed by atoms with Crippen LogP contribution in [0.1, 0.15) is 45.4 Å². The lowest BCUT2D eigenvalue weighted by Crippen LogP contribution is -2.28. The number of hydrogen-bond acceptors (Lipinski definition) is 2. The van der Waals surface area contributed by atoms with Gasteiger partial charge in [0.05, 0.1) is 0 Å². The van der Waals surface area contributed by atoms with Gasteiger partial charge in [-0.1, -0.05) is 39.0 Å². The second kappa shape index (κ2) is 8.08. The quantitative estimate of drug-likeness (QED) is 0.320. The van der Waals surface area contributed by atoms with Crippen molar-refractivity contribution in [1.82, 2.24) is 0 Å². The van der Waals surface area contributed by atoms with E-state index in [1.54, 1.807) is 0 Å². The topological polar surface area (TPSA) is 102 Å². The maximum atomic E-state index is 10.7. The first-order chi connectivity index (χ1) is 7.07. The van der Waals surface area contributed by atoms with Crippen molar-refractivity contribution in [2.75, 3.05) is 0 Å². The molecule has 5 nitrogen and oxygen atoms in total. The van der Waals surface area contributed by atoms with Gasteiger partial charge in [-0.2, -0.15) is 0 Å². The number of unbranched alkanes of at least 4 members (excludes halogenated alkanes) is 4. The summed E-state index contributed by atoms with van der Waals surface area (Å²) in [5, 5.41) is 8.81. The fourth-order valence-electron chi connectivity index (χ4n) is 1.36. The predicted octanol–water partition coefficient (Wildman–Crippen LogP) is 1.07. The Morgan fingerprint density at radius 1 is 1.27 bits per heavy atom. The van der Waals surface area contributed by atoms with Gasteiger partial charge in [0.25, 0.3) is 0 Å². The van der Waals surface area contributed by atoms with Crippen molar-refractivity contribution in [1.29, 1.82) is 0 Å². The van der Waals surface area contributed by atoms with Crippen molar-refractivity contribution in [2.24, 2.45) is 16.5 Å². The Morgan fingerprint density at radius 3 is 2.33 bits per heavy atom. The van der Waals surface area contributed by atoms with Crippen LogP contribution in [0.25, 0.3) is 0 Å². The van der Waals surface area contributed by atoms with Gasteiger partial charge in [-0.05, 0) is 6.42 Å². The van der Waals surface area contributed by atoms with Gasteiger partial charge in [-0.3, -0.25) is 0 Å². The molecule has 0 amide bonds. The second-order valence-electron chi connectivity index (χ2n) is 3.61. The van der Waals surface area contributed by atoms with Gasteiger partial charge in [0, 0.05) is 0 Å². The third kappa shape index (κ3) is 7.78. The number of nitrogens with two attached hydrogens (primary N) is 2. The highest BCUT2D eigenvalue weighted by Crippen LogP contribution is 2.09. The third-order valence-electron chi connectivity index (χ3n) is 2.17. The number of rotatable bonds is 8. The molecule has 0 spiro atoms. The first-order valence-corrected chi connectivity index (χ1v) is 5.39. The van der Waals surface area contributed by atoms with Crippen LogP contribution in [0.4, 0.5) is 0 Å². The molecular formula is C10H21N3O2. The van der Waals surface area contributed by atoms with Crippen LogP contribution in [0.3, 0.4) is 0 Å². The lowest BCUT2D eigenvalue weighted by atomic mass is 10.1. The van der Waals surface area contributed by atoms with Gasteiger partial charge >= 0.3 is 5.97 Å². The monoisotopic (exact) mass is 215 g/mol. The fourth-order valence-corrected chi connectivity index (χ4v) is 1.36. The molecule has 0 heterocycles. The molecule has 1 unspecified atom stereocenters. The highest BCUT2D eigenvalue weighted by atomic mass is 16.4. The second-order valence-corrected chi connectivity index (χ2v) is 3.61. The van der Waals surface area contributed by atoms with Crippen LogP contribution in [0.15, 0.2) is 4.99 Å². The van der Waals surface area contributed by atoms with Crippen LogP contribution in [0, 0.1) is 0 Å². The molecule has 0 radical (unpaired) electrons. The van der Waals surface area contributed by atoms with E-state index in [-0.39, 0.29) is 5.96 Å². The summed E-state index contributed by atoms with van der Waals surface area (Å²) in [6, 6.07) is -0.781. The zero-order valence-electron chi connectivity index (χ0n) is 9.28. The Kier molecular flexibility index (Phi) is 7.40. The van der Waals surface area contributed by atoms with Crippen LogP contribution >= 0.6 is 0 Å². The minimum absolute atomic E-state index is 0.157. The van der Waals surface area contributed by atoms with Crippen molar-refractivity contribution in [3.8, 4) is 0 Å². The summed E-state index contributed by atoms with van der Waals surface area (Å²) in [6.45, 7) is 2.14. The van der Waals surface area contributed by atoms with Gasteiger partial charge in [0.15, 0.2) is 12.0 Å². The van der Waals surface area contributed by atoms with Crippen molar-refractivity contribution in [3.05, 3.63) is 0 Å². The Labute approximate surface area is 90.6 Å². The summed E-state index contributed by atoms with van der Waals surface area (Å²) in [7, 11) is 0. The first-order valence-electron chi connectivity index (χ1n) is 5.39. The molecule has 0 aliphatic carbocycles. The Balaban J connectivity index is 3.78. The SMILES string of the molecule is CCCCCCCC(N=C(N)N)C(=O)O. The van der Waals surface area contributed by atoms with E-state index in [0.717, 1.165) is 19.3 Å². The molecule has 5 heteroatoms. The minimum Gasteiger partial charge on any atom is -0.480 e. The molecule has 0 aromatic carbocycles. The van der Waals surface area contributed by atoms with E-state index in [0.29, 0.717) is 6.42 Å². The molecule has 0 fully saturated rings. The van der Waals surface area contributed by atoms with Gasteiger partial charge in [-0.25, -0.2) is 9.79 Å². The number of carbonyl (C=O) groups is 1. The summed E-state index contributed by atoms with van der Waals surface area (Å²) in [4.78, 5) is 14.4. The fraction of sp³-hybridized carbons (Fsp3) is 0.800. The average Bonchev–Trinajstić information content (AvgIpc) is 2.15. The summed E-state index contributed by atoms with van der Waals surface area (Å²) in [6.07, 6.45) is 5.92. The maximum absolute atomic E-state index is 10.7. The molecule has 0 saturated carbocycles. The lowest BCUT2D eigenvalue weighted by molar-refractivity contribution is -0.138. The zero-order valence-corrected chi connectivity index (χ0v) is 9.28. The number of aliphatic carboxylic acids is 1. The largest absolute Gasteiger partial charge is 0.480 e. The molecular weight excluding hydrogens is 194 g/mol. The summed E-state index contributed by atoms with van der Waals surface area (Å²) in [5.74, 6) is -1.12. The molecule has 0 aromatic rings. The third-order valence-corrected chi connectivity index (χ3v) is 2.17. The van der Waals surface area contributed by atoms with Crippen LogP contribution in [-0.4, -0.2) is 23.1 Å². The summed E-state index contributed by atoms with van der Waals surface area (Å²) < 4.78 is 0. The van der Waals surface area contributed by atoms with E-state index in [1.165, 1.54) is 12.8 Å². The standard InChI is InChI=1S/C10H21N3O2/c1-2-3-4-5-6-7-8(9(14)15)13-10(11)12/h8H,2-7H2,1H3,(H,14,15)(H4,11,12,13). The average molecular weight is 215 g/mol. The van der Waals surface area contributed by atoms with E-state index in [4.69, 9.17) is 16.6 Å². The van der Waals surface area contributed by atoms with Crippen molar-refractivity contribution in [2.45, 2.75) is 51.5 Å². The summed E-state index contributed by atoms with van der Waals surface area (Å²) in [5.41, 5.74) is 10.3. The number of nitrogens with zero attached hydrogens (tertiary/aromatic N) is 1. The van der Waals surface area contributed by atoms with Crippen molar-refractivity contribution in [3.63, 3.8) is 0 Å². The van der Waals surface area contributed by atoms with E-state index < -0.39 is 12.0 Å². The summed E-state index contributed by atoms with van der Waals surface area (Å²) >= 11 is 0. The Bertz CT molecular complexity index is 213. The minimum atomic E-state index is -0.959. The molecule has 0 bridgehead atoms. The molecule has 0 aliphatic heterocycles. The van der Waals surface area contributed by atoms with Crippen LogP contribution in [-0.2, 0) is 4.79 Å². The molecule has 15 heavy (non-hydrogen) atoms. The number of carboxylic acids is 1. The highest BCUT2D eigenvalue weighted by Gasteiger charge is 2.15. The smallest absolute Gasteiger partial charge is 0.328 e. The van der Waals surface area contributed by atoms with E-state index in [1.807, 2.05) is 0 Å². The molecule has 5 N–H and O–H groups in total. The van der Waals surface area contributed by atoms with Gasteiger partial charge in [0.2, 0.25) is 0 Å². The van der Waals surface area contributed by atoms with Gasteiger partial charge in [0.1, 0.15) is 0 Å². The molecule has 0 aliphatic rings. The molecule has 0 rings (SSSR count). The van der Waals surface area contributed by atoms with Crippen molar-refractivity contribution < 1.29 is 9.90 Å². The predicted molar refractivity (Wildman–Crippen MR) is 60.6 cm³/mol. The normalized spacial score (nSPS) is 12.1. The van der Waals surface area contributed by atoms with Crippen LogP contribution in [0.2, 0.25) is 0 Å². The van der Waals surface area contributed by atoms with Crippen LogP contribution < -0.4 is 11.5 Å². The lowest BCUT2D eigenvalue weighted by Gasteiger charge is -2.07. The van der Waals surface area contributed by atoms with E-state index in [2.05, 4.69) is 11.9 Å². The Hall–Kier alpha value is -1.26. The van der Waals surface area contributed by atoms with E-state index >= 15 is 0 Å². The van der Waals surface area contributed by atoms with E-state index in [9.17, 15) is 4.79 Å². The van der Waals surface area contributed by atoms with Gasteiger partial charge < -0.3 is 16.6 Å². The van der Waals surface area contributed by atoms with Gasteiger partial charge in [-0.15, -0.1) is 0 Å². The molecule has 0 aromatic heterocycles. The molecule has 88 valence electrons.